The van der Waals surface area contributed by atoms with Crippen LogP contribution in [-0.2, 0) is 17.6 Å². The molecule has 0 amide bonds. The number of morpholine rings is 1. The molecule has 0 N–H and O–H groups in total. The van der Waals surface area contributed by atoms with Gasteiger partial charge in [0, 0.05) is 41.6 Å². The molecule has 0 bridgehead atoms. The van der Waals surface area contributed by atoms with Gasteiger partial charge in [0.15, 0.2) is 5.82 Å². The number of fused-ring (bicyclic) bond motifs is 1. The van der Waals surface area contributed by atoms with E-state index in [-0.39, 0.29) is 22.0 Å². The van der Waals surface area contributed by atoms with Crippen molar-refractivity contribution >= 4 is 23.1 Å². The van der Waals surface area contributed by atoms with Gasteiger partial charge in [-0.25, -0.2) is 18.8 Å². The van der Waals surface area contributed by atoms with Crippen LogP contribution in [0.5, 0.6) is 0 Å². The summed E-state index contributed by atoms with van der Waals surface area (Å²) >= 11 is 5.93. The quantitative estimate of drug-likeness (QED) is 0.389. The predicted molar refractivity (Wildman–Crippen MR) is 140 cm³/mol. The molecule has 5 rings (SSSR count). The summed E-state index contributed by atoms with van der Waals surface area (Å²) in [5.41, 5.74) is 2.93. The summed E-state index contributed by atoms with van der Waals surface area (Å²) in [6.07, 6.45) is 2.98. The van der Waals surface area contributed by atoms with Crippen LogP contribution in [-0.4, -0.2) is 45.7 Å². The minimum absolute atomic E-state index is 0.209. The molecule has 1 saturated heterocycles. The van der Waals surface area contributed by atoms with Crippen LogP contribution in [0.15, 0.2) is 53.5 Å². The second-order valence-electron chi connectivity index (χ2n) is 8.38. The first-order valence-electron chi connectivity index (χ1n) is 12.0. The Morgan fingerprint density at radius 3 is 2.42 bits per heavy atom. The number of aryl methyl sites for hydroxylation is 2. The van der Waals surface area contributed by atoms with E-state index in [0.717, 1.165) is 11.4 Å². The van der Waals surface area contributed by atoms with Crippen molar-refractivity contribution in [2.24, 2.45) is 0 Å². The maximum absolute atomic E-state index is 14.8. The fourth-order valence-electron chi connectivity index (χ4n) is 4.13. The summed E-state index contributed by atoms with van der Waals surface area (Å²) in [5.74, 6) is 0.346. The van der Waals surface area contributed by atoms with Crippen LogP contribution in [0.25, 0.3) is 17.0 Å². The smallest absolute Gasteiger partial charge is 0.263 e. The lowest BCUT2D eigenvalue weighted by atomic mass is 10.1. The second kappa shape index (κ2) is 11.6. The molecule has 0 unspecified atom stereocenters. The predicted octanol–water partition coefficient (Wildman–Crippen LogP) is 4.90. The Hall–Kier alpha value is -3.36. The molecule has 9 heteroatoms. The summed E-state index contributed by atoms with van der Waals surface area (Å²) < 4.78 is 21.6. The first kappa shape index (κ1) is 25.7. The van der Waals surface area contributed by atoms with Crippen LogP contribution < -0.4 is 10.5 Å². The maximum Gasteiger partial charge on any atom is 0.263 e. The van der Waals surface area contributed by atoms with Crippen molar-refractivity contribution in [1.29, 1.82) is 0 Å². The van der Waals surface area contributed by atoms with E-state index in [1.165, 1.54) is 10.5 Å². The van der Waals surface area contributed by atoms with Gasteiger partial charge in [0.25, 0.3) is 5.56 Å². The molecular weight excluding hydrogens is 481 g/mol. The first-order valence-corrected chi connectivity index (χ1v) is 12.4. The summed E-state index contributed by atoms with van der Waals surface area (Å²) in [6.45, 7) is 8.38. The Balaban J connectivity index is 0.000000375. The van der Waals surface area contributed by atoms with Crippen molar-refractivity contribution in [3.8, 4) is 11.4 Å². The lowest BCUT2D eigenvalue weighted by Gasteiger charge is -2.28. The third-order valence-electron chi connectivity index (χ3n) is 5.99. The number of pyridine rings is 1. The Labute approximate surface area is 214 Å². The zero-order valence-corrected chi connectivity index (χ0v) is 21.4. The molecular formula is C27H29ClFN5O2. The number of benzene rings is 1. The molecule has 1 aliphatic rings. The molecule has 1 aromatic carbocycles. The molecule has 188 valence electrons. The van der Waals surface area contributed by atoms with Gasteiger partial charge in [0.1, 0.15) is 17.3 Å². The molecule has 0 saturated carbocycles. The van der Waals surface area contributed by atoms with Crippen molar-refractivity contribution in [2.45, 2.75) is 33.6 Å². The van der Waals surface area contributed by atoms with Gasteiger partial charge in [0.05, 0.1) is 24.5 Å². The van der Waals surface area contributed by atoms with E-state index >= 15 is 0 Å². The maximum atomic E-state index is 14.8. The van der Waals surface area contributed by atoms with E-state index in [2.05, 4.69) is 14.9 Å². The highest BCUT2D eigenvalue weighted by atomic mass is 35.5. The Kier molecular flexibility index (Phi) is 8.28. The number of aromatic nitrogens is 4. The van der Waals surface area contributed by atoms with Crippen LogP contribution in [0.1, 0.15) is 30.8 Å². The van der Waals surface area contributed by atoms with Gasteiger partial charge in [-0.1, -0.05) is 31.5 Å². The minimum Gasteiger partial charge on any atom is -0.378 e. The number of ether oxygens (including phenoxy) is 1. The molecule has 0 spiro atoms. The first-order chi connectivity index (χ1) is 17.4. The number of halogens is 2. The van der Waals surface area contributed by atoms with Crippen LogP contribution in [0, 0.1) is 12.7 Å². The zero-order valence-electron chi connectivity index (χ0n) is 20.7. The molecule has 7 nitrogen and oxygen atoms in total. The van der Waals surface area contributed by atoms with Gasteiger partial charge >= 0.3 is 0 Å². The van der Waals surface area contributed by atoms with Crippen molar-refractivity contribution in [3.63, 3.8) is 0 Å². The standard InChI is InChI=1S/C21H22ClFN4O2.C6H7N/c1-3-14-17(4-2)24-19-12-18(26-7-9-29-10-8-26)25-20(27(19)21(14)28)15-6-5-13(22)11-16(15)23;1-6-4-2-3-5-7-6/h5-6,11-12H,3-4,7-10H2,1-2H3;2-5H,1H3. The number of anilines is 1. The topological polar surface area (TPSA) is 72.6 Å². The molecule has 0 radical (unpaired) electrons. The summed E-state index contributed by atoms with van der Waals surface area (Å²) in [5, 5.41) is 0.285. The molecule has 1 aliphatic heterocycles. The second-order valence-corrected chi connectivity index (χ2v) is 8.81. The largest absolute Gasteiger partial charge is 0.378 e. The number of hydrogen-bond acceptors (Lipinski definition) is 6. The van der Waals surface area contributed by atoms with Crippen molar-refractivity contribution in [2.75, 3.05) is 31.2 Å². The zero-order chi connectivity index (χ0) is 25.7. The highest BCUT2D eigenvalue weighted by Gasteiger charge is 2.21. The summed E-state index contributed by atoms with van der Waals surface area (Å²) in [7, 11) is 0. The van der Waals surface area contributed by atoms with E-state index in [1.807, 2.05) is 39.0 Å². The van der Waals surface area contributed by atoms with Gasteiger partial charge in [0.2, 0.25) is 0 Å². The monoisotopic (exact) mass is 509 g/mol. The van der Waals surface area contributed by atoms with Crippen LogP contribution >= 0.6 is 11.6 Å². The third kappa shape index (κ3) is 5.55. The lowest BCUT2D eigenvalue weighted by Crippen LogP contribution is -2.37. The SMILES string of the molecule is CCc1nc2cc(N3CCOCC3)nc(-c3ccc(Cl)cc3F)n2c(=O)c1CC.Cc1ccccn1. The highest BCUT2D eigenvalue weighted by molar-refractivity contribution is 6.30. The molecule has 4 aromatic rings. The van der Waals surface area contributed by atoms with Crippen LogP contribution in [0.2, 0.25) is 5.02 Å². The van der Waals surface area contributed by atoms with Crippen molar-refractivity contribution < 1.29 is 9.13 Å². The Bertz CT molecular complexity index is 1410. The van der Waals surface area contributed by atoms with E-state index in [9.17, 15) is 9.18 Å². The molecule has 0 atom stereocenters. The number of nitrogens with zero attached hydrogens (tertiary/aromatic N) is 5. The van der Waals surface area contributed by atoms with Gasteiger partial charge < -0.3 is 9.64 Å². The summed E-state index contributed by atoms with van der Waals surface area (Å²) in [4.78, 5) is 28.8. The van der Waals surface area contributed by atoms with E-state index in [0.29, 0.717) is 56.2 Å². The average Bonchev–Trinajstić information content (AvgIpc) is 2.89. The fourth-order valence-corrected chi connectivity index (χ4v) is 4.29. The fraction of sp³-hybridized carbons (Fsp3) is 0.333. The van der Waals surface area contributed by atoms with Crippen molar-refractivity contribution in [3.05, 3.63) is 86.8 Å². The van der Waals surface area contributed by atoms with E-state index < -0.39 is 5.82 Å². The normalized spacial score (nSPS) is 13.4. The number of hydrogen-bond donors (Lipinski definition) is 0. The summed E-state index contributed by atoms with van der Waals surface area (Å²) in [6, 6.07) is 12.0. The molecule has 0 aliphatic carbocycles. The minimum atomic E-state index is -0.532. The molecule has 3 aromatic heterocycles. The van der Waals surface area contributed by atoms with E-state index in [1.54, 1.807) is 24.4 Å². The van der Waals surface area contributed by atoms with Crippen LogP contribution in [0.4, 0.5) is 10.2 Å². The lowest BCUT2D eigenvalue weighted by molar-refractivity contribution is 0.122. The van der Waals surface area contributed by atoms with Gasteiger partial charge in [-0.2, -0.15) is 0 Å². The van der Waals surface area contributed by atoms with Gasteiger partial charge in [-0.3, -0.25) is 9.78 Å². The Morgan fingerprint density at radius 1 is 1.06 bits per heavy atom. The highest BCUT2D eigenvalue weighted by Crippen LogP contribution is 2.27. The molecule has 36 heavy (non-hydrogen) atoms. The van der Waals surface area contributed by atoms with E-state index in [4.69, 9.17) is 21.3 Å². The molecule has 4 heterocycles. The van der Waals surface area contributed by atoms with Gasteiger partial charge in [-0.05, 0) is 50.1 Å². The van der Waals surface area contributed by atoms with Crippen molar-refractivity contribution in [1.82, 2.24) is 19.4 Å². The van der Waals surface area contributed by atoms with Crippen LogP contribution in [0.3, 0.4) is 0 Å². The third-order valence-corrected chi connectivity index (χ3v) is 6.22. The molecule has 1 fully saturated rings. The average molecular weight is 510 g/mol. The van der Waals surface area contributed by atoms with Gasteiger partial charge in [-0.15, -0.1) is 0 Å². The Morgan fingerprint density at radius 2 is 1.83 bits per heavy atom. The number of rotatable bonds is 4.